The molecule has 0 bridgehead atoms. The summed E-state index contributed by atoms with van der Waals surface area (Å²) in [5.41, 5.74) is 3.76. The van der Waals surface area contributed by atoms with Crippen molar-refractivity contribution >= 4 is 11.0 Å². The molecule has 3 aromatic carbocycles. The zero-order chi connectivity index (χ0) is 17.9. The Morgan fingerprint density at radius 1 is 0.769 bits per heavy atom. The van der Waals surface area contributed by atoms with Crippen LogP contribution in [0, 0.1) is 22.7 Å². The van der Waals surface area contributed by atoms with Crippen LogP contribution in [0.3, 0.4) is 0 Å². The molecule has 0 atom stereocenters. The van der Waals surface area contributed by atoms with Crippen molar-refractivity contribution in [3.8, 4) is 35.0 Å². The van der Waals surface area contributed by atoms with Gasteiger partial charge in [-0.1, -0.05) is 0 Å². The summed E-state index contributed by atoms with van der Waals surface area (Å²) in [4.78, 5) is 7.79. The second-order valence-corrected chi connectivity index (χ2v) is 5.69. The molecule has 0 saturated carbocycles. The van der Waals surface area contributed by atoms with Crippen LogP contribution < -0.4 is 4.74 Å². The molecule has 0 fully saturated rings. The lowest BCUT2D eigenvalue weighted by Crippen LogP contribution is -1.85. The normalized spacial score (nSPS) is 10.2. The molecular formula is C21H12N4O. The highest BCUT2D eigenvalue weighted by molar-refractivity contribution is 5.80. The molecule has 5 nitrogen and oxygen atoms in total. The lowest BCUT2D eigenvalue weighted by molar-refractivity contribution is 0.482. The molecule has 0 aliphatic rings. The predicted molar refractivity (Wildman–Crippen MR) is 97.5 cm³/mol. The number of H-pyrrole nitrogens is 1. The van der Waals surface area contributed by atoms with Gasteiger partial charge in [-0.05, 0) is 66.7 Å². The number of rotatable bonds is 3. The van der Waals surface area contributed by atoms with Crippen molar-refractivity contribution < 1.29 is 4.74 Å². The number of aromatic amines is 1. The van der Waals surface area contributed by atoms with Gasteiger partial charge in [0, 0.05) is 5.56 Å². The molecule has 4 aromatic rings. The monoisotopic (exact) mass is 336 g/mol. The van der Waals surface area contributed by atoms with Crippen LogP contribution in [0.5, 0.6) is 11.5 Å². The minimum atomic E-state index is 0.595. The summed E-state index contributed by atoms with van der Waals surface area (Å²) < 4.78 is 5.78. The molecule has 1 heterocycles. The van der Waals surface area contributed by atoms with Crippen molar-refractivity contribution in [3.05, 3.63) is 77.9 Å². The second kappa shape index (κ2) is 6.43. The van der Waals surface area contributed by atoms with Crippen molar-refractivity contribution in [2.24, 2.45) is 0 Å². The Bertz CT molecular complexity index is 1160. The fraction of sp³-hybridized carbons (Fsp3) is 0. The molecule has 0 aliphatic carbocycles. The molecule has 122 valence electrons. The molecule has 1 N–H and O–H groups in total. The minimum Gasteiger partial charge on any atom is -0.457 e. The third-order valence-corrected chi connectivity index (χ3v) is 3.96. The van der Waals surface area contributed by atoms with Crippen LogP contribution in [-0.4, -0.2) is 9.97 Å². The molecule has 0 saturated heterocycles. The molecule has 0 spiro atoms. The SMILES string of the molecule is N#Cc1ccc(Oc2ccc(-c3nc4ccc(C#N)cc4[nH]3)cc2)cc1. The van der Waals surface area contributed by atoms with Crippen LogP contribution in [-0.2, 0) is 0 Å². The Balaban J connectivity index is 1.57. The molecule has 4 rings (SSSR count). The zero-order valence-corrected chi connectivity index (χ0v) is 13.6. The summed E-state index contributed by atoms with van der Waals surface area (Å²) in [6.45, 7) is 0. The maximum absolute atomic E-state index is 8.99. The van der Waals surface area contributed by atoms with Gasteiger partial charge in [0.15, 0.2) is 0 Å². The summed E-state index contributed by atoms with van der Waals surface area (Å²) in [7, 11) is 0. The second-order valence-electron chi connectivity index (χ2n) is 5.69. The van der Waals surface area contributed by atoms with Crippen LogP contribution in [0.2, 0.25) is 0 Å². The first-order chi connectivity index (χ1) is 12.7. The fourth-order valence-corrected chi connectivity index (χ4v) is 2.63. The highest BCUT2D eigenvalue weighted by Crippen LogP contribution is 2.26. The number of nitriles is 2. The van der Waals surface area contributed by atoms with Crippen LogP contribution in [0.4, 0.5) is 0 Å². The maximum atomic E-state index is 8.99. The van der Waals surface area contributed by atoms with E-state index in [1.54, 1.807) is 36.4 Å². The van der Waals surface area contributed by atoms with E-state index >= 15 is 0 Å². The van der Waals surface area contributed by atoms with E-state index < -0.39 is 0 Å². The van der Waals surface area contributed by atoms with Crippen molar-refractivity contribution in [1.29, 1.82) is 10.5 Å². The molecule has 0 unspecified atom stereocenters. The van der Waals surface area contributed by atoms with Gasteiger partial charge < -0.3 is 9.72 Å². The Kier molecular flexibility index (Phi) is 3.82. The van der Waals surface area contributed by atoms with E-state index in [1.807, 2.05) is 30.3 Å². The van der Waals surface area contributed by atoms with E-state index in [0.717, 1.165) is 22.4 Å². The highest BCUT2D eigenvalue weighted by Gasteiger charge is 2.07. The van der Waals surface area contributed by atoms with Gasteiger partial charge in [0.1, 0.15) is 17.3 Å². The third-order valence-electron chi connectivity index (χ3n) is 3.96. The number of aromatic nitrogens is 2. The summed E-state index contributed by atoms with van der Waals surface area (Å²) in [5.74, 6) is 2.10. The lowest BCUT2D eigenvalue weighted by Gasteiger charge is -2.06. The molecule has 0 aliphatic heterocycles. The standard InChI is InChI=1S/C21H12N4O/c22-12-14-1-6-17(7-2-14)26-18-8-4-16(5-9-18)21-24-19-10-3-15(13-23)11-20(19)25-21/h1-11H,(H,24,25). The first-order valence-electron chi connectivity index (χ1n) is 7.93. The number of nitrogens with one attached hydrogen (secondary N) is 1. The van der Waals surface area contributed by atoms with Crippen molar-refractivity contribution in [3.63, 3.8) is 0 Å². The van der Waals surface area contributed by atoms with Crippen LogP contribution in [0.1, 0.15) is 11.1 Å². The summed E-state index contributed by atoms with van der Waals surface area (Å²) in [5, 5.41) is 17.8. The maximum Gasteiger partial charge on any atom is 0.138 e. The Morgan fingerprint density at radius 3 is 2.04 bits per heavy atom. The average Bonchev–Trinajstić information content (AvgIpc) is 3.12. The van der Waals surface area contributed by atoms with Crippen molar-refractivity contribution in [2.45, 2.75) is 0 Å². The number of hydrogen-bond donors (Lipinski definition) is 1. The summed E-state index contributed by atoms with van der Waals surface area (Å²) in [6.07, 6.45) is 0. The van der Waals surface area contributed by atoms with Crippen LogP contribution in [0.15, 0.2) is 66.7 Å². The lowest BCUT2D eigenvalue weighted by atomic mass is 10.2. The van der Waals surface area contributed by atoms with Gasteiger partial charge >= 0.3 is 0 Å². The van der Waals surface area contributed by atoms with E-state index in [2.05, 4.69) is 22.1 Å². The Labute approximate surface area is 149 Å². The molecular weight excluding hydrogens is 324 g/mol. The van der Waals surface area contributed by atoms with Crippen LogP contribution >= 0.6 is 0 Å². The van der Waals surface area contributed by atoms with Gasteiger partial charge in [-0.3, -0.25) is 0 Å². The number of nitrogens with zero attached hydrogens (tertiary/aromatic N) is 3. The Morgan fingerprint density at radius 2 is 1.38 bits per heavy atom. The number of benzene rings is 3. The van der Waals surface area contributed by atoms with E-state index in [9.17, 15) is 0 Å². The fourth-order valence-electron chi connectivity index (χ4n) is 2.63. The first-order valence-corrected chi connectivity index (χ1v) is 7.93. The molecule has 1 aromatic heterocycles. The topological polar surface area (TPSA) is 85.5 Å². The Hall–Kier alpha value is -4.09. The van der Waals surface area contributed by atoms with Crippen molar-refractivity contribution in [1.82, 2.24) is 9.97 Å². The average molecular weight is 336 g/mol. The van der Waals surface area contributed by atoms with E-state index in [0.29, 0.717) is 22.6 Å². The molecule has 0 amide bonds. The molecule has 26 heavy (non-hydrogen) atoms. The summed E-state index contributed by atoms with van der Waals surface area (Å²) >= 11 is 0. The van der Waals surface area contributed by atoms with E-state index in [1.165, 1.54) is 0 Å². The quantitative estimate of drug-likeness (QED) is 0.584. The number of fused-ring (bicyclic) bond motifs is 1. The molecule has 0 radical (unpaired) electrons. The predicted octanol–water partition coefficient (Wildman–Crippen LogP) is 4.77. The van der Waals surface area contributed by atoms with Gasteiger partial charge in [0.05, 0.1) is 34.3 Å². The van der Waals surface area contributed by atoms with Gasteiger partial charge in [-0.25, -0.2) is 4.98 Å². The van der Waals surface area contributed by atoms with Gasteiger partial charge in [0.25, 0.3) is 0 Å². The largest absolute Gasteiger partial charge is 0.457 e. The zero-order valence-electron chi connectivity index (χ0n) is 13.6. The summed E-state index contributed by atoms with van der Waals surface area (Å²) in [6, 6.07) is 24.1. The number of imidazole rings is 1. The number of hydrogen-bond acceptors (Lipinski definition) is 4. The molecule has 5 heteroatoms. The van der Waals surface area contributed by atoms with E-state index in [-0.39, 0.29) is 0 Å². The smallest absolute Gasteiger partial charge is 0.138 e. The van der Waals surface area contributed by atoms with Gasteiger partial charge in [-0.15, -0.1) is 0 Å². The highest BCUT2D eigenvalue weighted by atomic mass is 16.5. The minimum absolute atomic E-state index is 0.595. The van der Waals surface area contributed by atoms with Crippen molar-refractivity contribution in [2.75, 3.05) is 0 Å². The van der Waals surface area contributed by atoms with Crippen LogP contribution in [0.25, 0.3) is 22.4 Å². The van der Waals surface area contributed by atoms with Gasteiger partial charge in [-0.2, -0.15) is 10.5 Å². The van der Waals surface area contributed by atoms with Gasteiger partial charge in [0.2, 0.25) is 0 Å². The number of ether oxygens (including phenoxy) is 1. The first kappa shape index (κ1) is 15.4. The van der Waals surface area contributed by atoms with E-state index in [4.69, 9.17) is 15.3 Å². The third kappa shape index (κ3) is 2.98.